The predicted molar refractivity (Wildman–Crippen MR) is 104 cm³/mol. The molecule has 1 aromatic heterocycles. The van der Waals surface area contributed by atoms with Crippen molar-refractivity contribution in [3.63, 3.8) is 0 Å². The molecule has 1 aliphatic rings. The van der Waals surface area contributed by atoms with E-state index in [2.05, 4.69) is 10.00 Å². The second-order valence-corrected chi connectivity index (χ2v) is 6.97. The van der Waals surface area contributed by atoms with Gasteiger partial charge in [0, 0.05) is 12.6 Å². The standard InChI is InChI=1S/C21H21F2N3O4/c22-15-4-9-19(18(23)14-15)29-20-24-26(21(27)30-20)16-5-7-17(8-6-16)28-13-12-25-10-2-1-3-11-25/h4-9,14H,1-3,10-13H2. The Morgan fingerprint density at radius 2 is 1.80 bits per heavy atom. The molecule has 7 nitrogen and oxygen atoms in total. The lowest BCUT2D eigenvalue weighted by Gasteiger charge is -2.26. The molecule has 2 heterocycles. The third-order valence-electron chi connectivity index (χ3n) is 4.83. The second-order valence-electron chi connectivity index (χ2n) is 6.97. The summed E-state index contributed by atoms with van der Waals surface area (Å²) in [6.45, 7) is 3.70. The summed E-state index contributed by atoms with van der Waals surface area (Å²) >= 11 is 0. The van der Waals surface area contributed by atoms with Crippen molar-refractivity contribution in [3.8, 4) is 23.3 Å². The van der Waals surface area contributed by atoms with Crippen LogP contribution in [0.5, 0.6) is 17.6 Å². The van der Waals surface area contributed by atoms with Gasteiger partial charge in [-0.3, -0.25) is 4.90 Å². The minimum atomic E-state index is -0.932. The first kappa shape index (κ1) is 20.1. The molecule has 0 aliphatic carbocycles. The zero-order valence-corrected chi connectivity index (χ0v) is 16.2. The second kappa shape index (κ2) is 9.08. The fourth-order valence-electron chi connectivity index (χ4n) is 3.28. The Bertz CT molecular complexity index is 1040. The molecule has 2 aromatic carbocycles. The van der Waals surface area contributed by atoms with Gasteiger partial charge in [-0.05, 0) is 62.3 Å². The minimum absolute atomic E-state index is 0.303. The molecule has 0 bridgehead atoms. The zero-order chi connectivity index (χ0) is 20.9. The van der Waals surface area contributed by atoms with Crippen molar-refractivity contribution in [2.75, 3.05) is 26.2 Å². The van der Waals surface area contributed by atoms with Crippen molar-refractivity contribution in [2.45, 2.75) is 19.3 Å². The van der Waals surface area contributed by atoms with Crippen LogP contribution in [0.15, 0.2) is 51.7 Å². The Labute approximate surface area is 171 Å². The van der Waals surface area contributed by atoms with E-state index >= 15 is 0 Å². The number of hydrogen-bond donors (Lipinski definition) is 0. The molecule has 0 amide bonds. The van der Waals surface area contributed by atoms with E-state index in [4.69, 9.17) is 13.9 Å². The Balaban J connectivity index is 1.38. The summed E-state index contributed by atoms with van der Waals surface area (Å²) in [6.07, 6.45) is 3.32. The van der Waals surface area contributed by atoms with E-state index in [1.807, 2.05) is 0 Å². The van der Waals surface area contributed by atoms with Crippen LogP contribution in [0.4, 0.5) is 8.78 Å². The van der Waals surface area contributed by atoms with Crippen molar-refractivity contribution >= 4 is 0 Å². The van der Waals surface area contributed by atoms with E-state index in [0.717, 1.165) is 36.4 Å². The Hall–Kier alpha value is -3.20. The number of nitrogens with zero attached hydrogens (tertiary/aromatic N) is 3. The molecule has 0 spiro atoms. The average molecular weight is 417 g/mol. The number of piperidine rings is 1. The van der Waals surface area contributed by atoms with Crippen molar-refractivity contribution in [2.24, 2.45) is 0 Å². The van der Waals surface area contributed by atoms with Crippen LogP contribution in [0, 0.1) is 11.6 Å². The highest BCUT2D eigenvalue weighted by Gasteiger charge is 2.15. The van der Waals surface area contributed by atoms with Crippen LogP contribution in [0.25, 0.3) is 5.69 Å². The quantitative estimate of drug-likeness (QED) is 0.583. The number of likely N-dealkylation sites (tertiary alicyclic amines) is 1. The SMILES string of the molecule is O=c1oc(Oc2ccc(F)cc2F)nn1-c1ccc(OCCN2CCCCC2)cc1. The van der Waals surface area contributed by atoms with Crippen LogP contribution in [0.3, 0.4) is 0 Å². The van der Waals surface area contributed by atoms with Gasteiger partial charge in [-0.25, -0.2) is 13.6 Å². The van der Waals surface area contributed by atoms with Gasteiger partial charge in [0.1, 0.15) is 18.2 Å². The third kappa shape index (κ3) is 4.85. The highest BCUT2D eigenvalue weighted by atomic mass is 19.1. The molecule has 0 N–H and O–H groups in total. The number of rotatable bonds is 7. The molecular formula is C21H21F2N3O4. The molecule has 1 aliphatic heterocycles. The molecule has 158 valence electrons. The lowest BCUT2D eigenvalue weighted by Crippen LogP contribution is -2.33. The van der Waals surface area contributed by atoms with Crippen LogP contribution in [-0.4, -0.2) is 40.9 Å². The number of halogens is 2. The maximum atomic E-state index is 13.7. The van der Waals surface area contributed by atoms with Crippen molar-refractivity contribution in [1.82, 2.24) is 14.7 Å². The largest absolute Gasteiger partial charge is 0.492 e. The first-order valence-corrected chi connectivity index (χ1v) is 9.77. The van der Waals surface area contributed by atoms with Gasteiger partial charge < -0.3 is 13.9 Å². The van der Waals surface area contributed by atoms with Crippen LogP contribution in [0.2, 0.25) is 0 Å². The Kier molecular flexibility index (Phi) is 6.08. The topological polar surface area (TPSA) is 69.7 Å². The summed E-state index contributed by atoms with van der Waals surface area (Å²) in [4.78, 5) is 14.5. The van der Waals surface area contributed by atoms with Gasteiger partial charge in [0.2, 0.25) is 0 Å². The van der Waals surface area contributed by atoms with Crippen LogP contribution in [0.1, 0.15) is 19.3 Å². The number of benzene rings is 2. The highest BCUT2D eigenvalue weighted by molar-refractivity contribution is 5.36. The van der Waals surface area contributed by atoms with Crippen LogP contribution in [-0.2, 0) is 0 Å². The number of aromatic nitrogens is 2. The first-order valence-electron chi connectivity index (χ1n) is 9.77. The number of hydrogen-bond acceptors (Lipinski definition) is 6. The normalized spacial score (nSPS) is 14.6. The van der Waals surface area contributed by atoms with Crippen molar-refractivity contribution in [3.05, 3.63) is 64.6 Å². The number of ether oxygens (including phenoxy) is 2. The molecule has 9 heteroatoms. The van der Waals surface area contributed by atoms with Gasteiger partial charge in [0.25, 0.3) is 0 Å². The lowest BCUT2D eigenvalue weighted by atomic mass is 10.1. The molecule has 1 fully saturated rings. The zero-order valence-electron chi connectivity index (χ0n) is 16.2. The monoisotopic (exact) mass is 417 g/mol. The Morgan fingerprint density at radius 3 is 2.53 bits per heavy atom. The summed E-state index contributed by atoms with van der Waals surface area (Å²) < 4.78 is 43.4. The molecule has 3 aromatic rings. The van der Waals surface area contributed by atoms with E-state index in [-0.39, 0.29) is 5.75 Å². The van der Waals surface area contributed by atoms with Crippen molar-refractivity contribution in [1.29, 1.82) is 0 Å². The van der Waals surface area contributed by atoms with E-state index < -0.39 is 23.5 Å². The molecule has 0 saturated carbocycles. The Morgan fingerprint density at radius 1 is 1.03 bits per heavy atom. The molecule has 0 radical (unpaired) electrons. The average Bonchev–Trinajstić information content (AvgIpc) is 3.11. The van der Waals surface area contributed by atoms with Gasteiger partial charge in [0.05, 0.1) is 5.69 Å². The van der Waals surface area contributed by atoms with E-state index in [0.29, 0.717) is 24.1 Å². The molecular weight excluding hydrogens is 396 g/mol. The molecule has 0 unspecified atom stereocenters. The molecule has 0 atom stereocenters. The van der Waals surface area contributed by atoms with Gasteiger partial charge >= 0.3 is 11.8 Å². The molecule has 1 saturated heterocycles. The van der Waals surface area contributed by atoms with Gasteiger partial charge in [-0.2, -0.15) is 4.68 Å². The van der Waals surface area contributed by atoms with E-state index in [1.165, 1.54) is 19.3 Å². The lowest BCUT2D eigenvalue weighted by molar-refractivity contribution is 0.183. The fraction of sp³-hybridized carbons (Fsp3) is 0.333. The maximum absolute atomic E-state index is 13.7. The predicted octanol–water partition coefficient (Wildman–Crippen LogP) is 3.76. The third-order valence-corrected chi connectivity index (χ3v) is 4.83. The van der Waals surface area contributed by atoms with E-state index in [9.17, 15) is 13.6 Å². The van der Waals surface area contributed by atoms with Gasteiger partial charge in [-0.15, -0.1) is 0 Å². The molecule has 30 heavy (non-hydrogen) atoms. The van der Waals surface area contributed by atoms with Gasteiger partial charge in [0.15, 0.2) is 11.6 Å². The summed E-state index contributed by atoms with van der Waals surface area (Å²) in [5.74, 6) is -2.10. The highest BCUT2D eigenvalue weighted by Crippen LogP contribution is 2.23. The van der Waals surface area contributed by atoms with Crippen molar-refractivity contribution < 1.29 is 22.7 Å². The summed E-state index contributed by atoms with van der Waals surface area (Å²) in [7, 11) is 0. The van der Waals surface area contributed by atoms with Crippen LogP contribution >= 0.6 is 0 Å². The summed E-state index contributed by atoms with van der Waals surface area (Å²) in [5, 5.41) is 3.90. The molecule has 4 rings (SSSR count). The summed E-state index contributed by atoms with van der Waals surface area (Å²) in [5.41, 5.74) is 0.432. The summed E-state index contributed by atoms with van der Waals surface area (Å²) in [6, 6.07) is 9.54. The first-order chi connectivity index (χ1) is 14.6. The smallest absolute Gasteiger partial charge is 0.444 e. The van der Waals surface area contributed by atoms with E-state index in [1.54, 1.807) is 24.3 Å². The fourth-order valence-corrected chi connectivity index (χ4v) is 3.28. The minimum Gasteiger partial charge on any atom is -0.492 e. The van der Waals surface area contributed by atoms with Crippen LogP contribution < -0.4 is 15.2 Å². The maximum Gasteiger partial charge on any atom is 0.444 e. The van der Waals surface area contributed by atoms with Gasteiger partial charge in [-0.1, -0.05) is 11.5 Å².